The molecule has 0 aliphatic carbocycles. The van der Waals surface area contributed by atoms with Gasteiger partial charge in [-0.2, -0.15) is 0 Å². The Hall–Kier alpha value is -1.91. The van der Waals surface area contributed by atoms with Crippen LogP contribution in [-0.2, 0) is 13.8 Å². The molecule has 0 bridgehead atoms. The molecule has 142 valence electrons. The molecule has 0 radical (unpaired) electrons. The van der Waals surface area contributed by atoms with Gasteiger partial charge in [-0.1, -0.05) is 0 Å². The summed E-state index contributed by atoms with van der Waals surface area (Å²) in [5.41, 5.74) is -0.854. The SMILES string of the molecule is Cc1cn([C@H]2C[C@H](O)[C@@H](COP(=O)(O)C3N=CCC=N3)O2)c(=O)[nH]c1=O. The number of hydrogen-bond acceptors (Lipinski definition) is 8. The molecule has 3 rings (SSSR count). The van der Waals surface area contributed by atoms with E-state index in [4.69, 9.17) is 9.26 Å². The van der Waals surface area contributed by atoms with E-state index in [1.807, 2.05) is 0 Å². The number of ether oxygens (including phenoxy) is 1. The summed E-state index contributed by atoms with van der Waals surface area (Å²) in [6.45, 7) is 1.16. The van der Waals surface area contributed by atoms with Gasteiger partial charge in [-0.15, -0.1) is 0 Å². The molecular formula is C14H19N4O7P. The van der Waals surface area contributed by atoms with E-state index in [1.54, 1.807) is 0 Å². The van der Waals surface area contributed by atoms with Crippen molar-refractivity contribution in [2.45, 2.75) is 44.1 Å². The lowest BCUT2D eigenvalue weighted by Crippen LogP contribution is -2.33. The minimum Gasteiger partial charge on any atom is -0.390 e. The number of aromatic amines is 1. The lowest BCUT2D eigenvalue weighted by atomic mass is 10.2. The molecule has 1 fully saturated rings. The molecule has 2 aliphatic heterocycles. The first kappa shape index (κ1) is 18.9. The van der Waals surface area contributed by atoms with Gasteiger partial charge in [-0.3, -0.25) is 28.9 Å². The Bertz CT molecular complexity index is 880. The third kappa shape index (κ3) is 3.92. The summed E-state index contributed by atoms with van der Waals surface area (Å²) in [6, 6.07) is 0. The monoisotopic (exact) mass is 386 g/mol. The number of aryl methyl sites for hydroxylation is 1. The van der Waals surface area contributed by atoms with Crippen molar-refractivity contribution < 1.29 is 23.8 Å². The highest BCUT2D eigenvalue weighted by Crippen LogP contribution is 2.49. The molecule has 1 saturated heterocycles. The molecular weight excluding hydrogens is 367 g/mol. The summed E-state index contributed by atoms with van der Waals surface area (Å²) in [5, 5.41) is 10.1. The van der Waals surface area contributed by atoms with Crippen LogP contribution in [0.5, 0.6) is 0 Å². The van der Waals surface area contributed by atoms with Crippen molar-refractivity contribution in [2.24, 2.45) is 9.98 Å². The van der Waals surface area contributed by atoms with E-state index in [9.17, 15) is 24.2 Å². The Kier molecular flexibility index (Phi) is 5.35. The fraction of sp³-hybridized carbons (Fsp3) is 0.571. The molecule has 1 aromatic rings. The van der Waals surface area contributed by atoms with Crippen molar-refractivity contribution >= 4 is 20.0 Å². The van der Waals surface area contributed by atoms with Crippen LogP contribution in [0.25, 0.3) is 0 Å². The van der Waals surface area contributed by atoms with Crippen LogP contribution in [0.2, 0.25) is 0 Å². The van der Waals surface area contributed by atoms with Gasteiger partial charge < -0.3 is 19.3 Å². The van der Waals surface area contributed by atoms with Crippen LogP contribution in [-0.4, -0.2) is 56.7 Å². The van der Waals surface area contributed by atoms with Gasteiger partial charge in [0.05, 0.1) is 12.7 Å². The van der Waals surface area contributed by atoms with Crippen molar-refractivity contribution in [3.63, 3.8) is 0 Å². The van der Waals surface area contributed by atoms with Crippen LogP contribution in [0, 0.1) is 6.92 Å². The molecule has 0 amide bonds. The Morgan fingerprint density at radius 1 is 1.42 bits per heavy atom. The molecule has 0 saturated carbocycles. The first-order chi connectivity index (χ1) is 12.3. The molecule has 26 heavy (non-hydrogen) atoms. The Morgan fingerprint density at radius 3 is 2.81 bits per heavy atom. The highest BCUT2D eigenvalue weighted by Gasteiger charge is 2.39. The fourth-order valence-electron chi connectivity index (χ4n) is 2.65. The van der Waals surface area contributed by atoms with E-state index < -0.39 is 43.2 Å². The topological polar surface area (TPSA) is 156 Å². The number of aliphatic hydroxyl groups is 1. The van der Waals surface area contributed by atoms with Gasteiger partial charge in [0.2, 0.25) is 5.91 Å². The maximum absolute atomic E-state index is 12.2. The minimum atomic E-state index is -4.17. The lowest BCUT2D eigenvalue weighted by Gasteiger charge is -2.21. The maximum atomic E-state index is 12.2. The Labute approximate surface area is 147 Å². The predicted molar refractivity (Wildman–Crippen MR) is 91.8 cm³/mol. The van der Waals surface area contributed by atoms with Crippen LogP contribution in [0.1, 0.15) is 24.6 Å². The summed E-state index contributed by atoms with van der Waals surface area (Å²) in [5.74, 6) is -1.23. The smallest absolute Gasteiger partial charge is 0.374 e. The van der Waals surface area contributed by atoms with Gasteiger partial charge in [0.15, 0.2) is 0 Å². The van der Waals surface area contributed by atoms with Crippen LogP contribution in [0.3, 0.4) is 0 Å². The second kappa shape index (κ2) is 7.37. The highest BCUT2D eigenvalue weighted by molar-refractivity contribution is 7.53. The first-order valence-electron chi connectivity index (χ1n) is 7.94. The third-order valence-electron chi connectivity index (χ3n) is 4.06. The average Bonchev–Trinajstić information content (AvgIpc) is 2.98. The molecule has 1 unspecified atom stereocenters. The van der Waals surface area contributed by atoms with Gasteiger partial charge in [0, 0.05) is 37.0 Å². The Morgan fingerprint density at radius 2 is 2.12 bits per heavy atom. The molecule has 3 heterocycles. The van der Waals surface area contributed by atoms with E-state index in [0.717, 1.165) is 4.57 Å². The maximum Gasteiger partial charge on any atom is 0.374 e. The molecule has 12 heteroatoms. The standard InChI is InChI=1S/C14H19N4O7P/c1-8-6-18(14(21)17-12(8)20)11-5-9(19)10(25-11)7-24-26(22,23)13-15-3-2-4-16-13/h3-4,6,9-11,13,19H,2,5,7H2,1H3,(H,22,23)(H,17,20,21)/t9-,10+,11+/m0/s1. The van der Waals surface area contributed by atoms with Gasteiger partial charge in [0.1, 0.15) is 12.3 Å². The van der Waals surface area contributed by atoms with Crippen LogP contribution in [0.15, 0.2) is 25.8 Å². The second-order valence-corrected chi connectivity index (χ2v) is 7.86. The van der Waals surface area contributed by atoms with Crippen molar-refractivity contribution in [3.8, 4) is 0 Å². The van der Waals surface area contributed by atoms with E-state index in [2.05, 4.69) is 15.0 Å². The molecule has 2 aliphatic rings. The number of nitrogens with zero attached hydrogens (tertiary/aromatic N) is 3. The average molecular weight is 386 g/mol. The third-order valence-corrected chi connectivity index (χ3v) is 5.43. The quantitative estimate of drug-likeness (QED) is 0.577. The lowest BCUT2D eigenvalue weighted by molar-refractivity contribution is -0.0427. The van der Waals surface area contributed by atoms with E-state index in [1.165, 1.54) is 25.5 Å². The molecule has 4 atom stereocenters. The molecule has 3 N–H and O–H groups in total. The zero-order valence-corrected chi connectivity index (χ0v) is 14.8. The van der Waals surface area contributed by atoms with Crippen LogP contribution >= 0.6 is 7.60 Å². The largest absolute Gasteiger partial charge is 0.390 e. The summed E-state index contributed by atoms with van der Waals surface area (Å²) < 4.78 is 24.0. The van der Waals surface area contributed by atoms with Crippen molar-refractivity contribution in [1.82, 2.24) is 9.55 Å². The predicted octanol–water partition coefficient (Wildman–Crippen LogP) is -0.476. The Balaban J connectivity index is 1.67. The van der Waals surface area contributed by atoms with Gasteiger partial charge in [-0.25, -0.2) is 4.79 Å². The summed E-state index contributed by atoms with van der Waals surface area (Å²) >= 11 is 0. The summed E-state index contributed by atoms with van der Waals surface area (Å²) in [4.78, 5) is 43.1. The number of aliphatic imine (C=N–C) groups is 2. The molecule has 1 aromatic heterocycles. The number of nitrogens with one attached hydrogen (secondary N) is 1. The highest BCUT2D eigenvalue weighted by atomic mass is 31.2. The number of aliphatic hydroxyl groups excluding tert-OH is 1. The first-order valence-corrected chi connectivity index (χ1v) is 9.58. The van der Waals surface area contributed by atoms with Gasteiger partial charge in [-0.05, 0) is 6.92 Å². The number of hydrogen-bond donors (Lipinski definition) is 3. The van der Waals surface area contributed by atoms with Crippen LogP contribution in [0.4, 0.5) is 0 Å². The molecule has 0 aromatic carbocycles. The zero-order chi connectivity index (χ0) is 18.9. The van der Waals surface area contributed by atoms with Gasteiger partial charge >= 0.3 is 13.3 Å². The zero-order valence-electron chi connectivity index (χ0n) is 13.9. The van der Waals surface area contributed by atoms with Crippen molar-refractivity contribution in [1.29, 1.82) is 0 Å². The summed E-state index contributed by atoms with van der Waals surface area (Å²) in [7, 11) is -4.17. The van der Waals surface area contributed by atoms with E-state index in [0.29, 0.717) is 12.0 Å². The molecule has 11 nitrogen and oxygen atoms in total. The normalized spacial score (nSPS) is 28.3. The van der Waals surface area contributed by atoms with E-state index in [-0.39, 0.29) is 13.0 Å². The fourth-order valence-corrected chi connectivity index (χ4v) is 3.67. The number of rotatable bonds is 5. The van der Waals surface area contributed by atoms with Crippen molar-refractivity contribution in [2.75, 3.05) is 6.61 Å². The molecule has 0 spiro atoms. The van der Waals surface area contributed by atoms with Gasteiger partial charge in [0.25, 0.3) is 5.56 Å². The van der Waals surface area contributed by atoms with E-state index >= 15 is 0 Å². The number of H-pyrrole nitrogens is 1. The van der Waals surface area contributed by atoms with Crippen molar-refractivity contribution in [3.05, 3.63) is 32.6 Å². The van der Waals surface area contributed by atoms with Crippen LogP contribution < -0.4 is 11.2 Å². The summed E-state index contributed by atoms with van der Waals surface area (Å²) in [6.07, 6.45) is 2.05. The second-order valence-electron chi connectivity index (χ2n) is 6.02. The number of aromatic nitrogens is 2. The minimum absolute atomic E-state index is 0.0644.